The molecule has 116 valence electrons. The first-order valence-electron chi connectivity index (χ1n) is 6.83. The molecular formula is C17H13ClN2O2S. The molecule has 3 aromatic rings. The van der Waals surface area contributed by atoms with Crippen LogP contribution in [0.1, 0.15) is 15.2 Å². The van der Waals surface area contributed by atoms with Gasteiger partial charge >= 0.3 is 0 Å². The van der Waals surface area contributed by atoms with Crippen LogP contribution in [-0.4, -0.2) is 19.2 Å². The Balaban J connectivity index is 1.72. The van der Waals surface area contributed by atoms with Crippen LogP contribution in [0.3, 0.4) is 0 Å². The maximum absolute atomic E-state index is 12.0. The number of amides is 1. The van der Waals surface area contributed by atoms with Gasteiger partial charge in [0.2, 0.25) is 0 Å². The molecule has 6 heteroatoms. The van der Waals surface area contributed by atoms with Crippen molar-refractivity contribution in [1.82, 2.24) is 5.43 Å². The van der Waals surface area contributed by atoms with E-state index in [1.807, 2.05) is 24.3 Å². The third-order valence-electron chi connectivity index (χ3n) is 3.26. The van der Waals surface area contributed by atoms with Gasteiger partial charge in [-0.25, -0.2) is 5.43 Å². The molecule has 0 saturated carbocycles. The molecule has 0 fully saturated rings. The highest BCUT2D eigenvalue weighted by Crippen LogP contribution is 2.33. The lowest BCUT2D eigenvalue weighted by atomic mass is 10.2. The van der Waals surface area contributed by atoms with Crippen LogP contribution in [0.4, 0.5) is 0 Å². The van der Waals surface area contributed by atoms with Gasteiger partial charge in [0.05, 0.1) is 23.2 Å². The molecule has 3 rings (SSSR count). The number of fused-ring (bicyclic) bond motifs is 1. The van der Waals surface area contributed by atoms with Crippen molar-refractivity contribution in [2.45, 2.75) is 0 Å². The fraction of sp³-hybridized carbons (Fsp3) is 0.0588. The lowest BCUT2D eigenvalue weighted by Crippen LogP contribution is -2.17. The zero-order valence-electron chi connectivity index (χ0n) is 12.2. The van der Waals surface area contributed by atoms with Crippen LogP contribution in [0.15, 0.2) is 53.6 Å². The van der Waals surface area contributed by atoms with Gasteiger partial charge in [-0.15, -0.1) is 11.3 Å². The molecule has 1 aromatic heterocycles. The number of ether oxygens (including phenoxy) is 1. The van der Waals surface area contributed by atoms with Crippen molar-refractivity contribution in [3.05, 3.63) is 64.0 Å². The highest BCUT2D eigenvalue weighted by molar-refractivity contribution is 7.21. The van der Waals surface area contributed by atoms with E-state index < -0.39 is 0 Å². The number of thiophene rings is 1. The van der Waals surface area contributed by atoms with Gasteiger partial charge in [-0.2, -0.15) is 5.10 Å². The zero-order chi connectivity index (χ0) is 16.2. The van der Waals surface area contributed by atoms with Gasteiger partial charge < -0.3 is 4.74 Å². The van der Waals surface area contributed by atoms with E-state index in [0.29, 0.717) is 16.3 Å². The monoisotopic (exact) mass is 344 g/mol. The summed E-state index contributed by atoms with van der Waals surface area (Å²) in [5.41, 5.74) is 3.00. The first-order valence-corrected chi connectivity index (χ1v) is 8.03. The molecule has 0 aliphatic heterocycles. The standard InChI is InChI=1S/C17H13ClN2O2S/c1-22-12-8-6-11(7-9-12)17(21)20-19-10-15-16(18)13-4-2-3-5-14(13)23-15/h2-10H,1H3,(H,20,21)/b19-10-. The highest BCUT2D eigenvalue weighted by atomic mass is 35.5. The minimum Gasteiger partial charge on any atom is -0.497 e. The predicted octanol–water partition coefficient (Wildman–Crippen LogP) is 4.33. The van der Waals surface area contributed by atoms with Gasteiger partial charge in [0.25, 0.3) is 5.91 Å². The van der Waals surface area contributed by atoms with Gasteiger partial charge in [0.1, 0.15) is 5.75 Å². The lowest BCUT2D eigenvalue weighted by Gasteiger charge is -2.01. The van der Waals surface area contributed by atoms with Crippen LogP contribution in [0, 0.1) is 0 Å². The number of carbonyl (C=O) groups excluding carboxylic acids is 1. The number of halogens is 1. The summed E-state index contributed by atoms with van der Waals surface area (Å²) >= 11 is 7.84. The van der Waals surface area contributed by atoms with Crippen molar-refractivity contribution in [3.8, 4) is 5.75 Å². The van der Waals surface area contributed by atoms with Crippen LogP contribution >= 0.6 is 22.9 Å². The first-order chi connectivity index (χ1) is 11.2. The summed E-state index contributed by atoms with van der Waals surface area (Å²) in [5, 5.41) is 5.62. The molecule has 4 nitrogen and oxygen atoms in total. The van der Waals surface area contributed by atoms with Crippen LogP contribution in [0.2, 0.25) is 5.02 Å². The Morgan fingerprint density at radius 1 is 1.22 bits per heavy atom. The van der Waals surface area contributed by atoms with Crippen LogP contribution in [0.5, 0.6) is 5.75 Å². The van der Waals surface area contributed by atoms with Gasteiger partial charge in [0.15, 0.2) is 0 Å². The van der Waals surface area contributed by atoms with E-state index in [9.17, 15) is 4.79 Å². The number of rotatable bonds is 4. The summed E-state index contributed by atoms with van der Waals surface area (Å²) < 4.78 is 6.14. The molecule has 2 aromatic carbocycles. The van der Waals surface area contributed by atoms with E-state index in [0.717, 1.165) is 15.0 Å². The fourth-order valence-electron chi connectivity index (χ4n) is 2.07. The number of nitrogens with zero attached hydrogens (tertiary/aromatic N) is 1. The van der Waals surface area contributed by atoms with Gasteiger partial charge in [0, 0.05) is 15.6 Å². The van der Waals surface area contributed by atoms with E-state index in [-0.39, 0.29) is 5.91 Å². The topological polar surface area (TPSA) is 50.7 Å². The molecule has 0 radical (unpaired) electrons. The SMILES string of the molecule is COc1ccc(C(=O)N/N=C\c2sc3ccccc3c2Cl)cc1. The van der Waals surface area contributed by atoms with Crippen molar-refractivity contribution in [2.24, 2.45) is 5.10 Å². The highest BCUT2D eigenvalue weighted by Gasteiger charge is 2.08. The smallest absolute Gasteiger partial charge is 0.271 e. The van der Waals surface area contributed by atoms with Crippen LogP contribution in [0.25, 0.3) is 10.1 Å². The van der Waals surface area contributed by atoms with Crippen LogP contribution < -0.4 is 10.2 Å². The summed E-state index contributed by atoms with van der Waals surface area (Å²) in [5.74, 6) is 0.406. The quantitative estimate of drug-likeness (QED) is 0.565. The average Bonchev–Trinajstić information content (AvgIpc) is 2.91. The Labute approximate surface area is 142 Å². The van der Waals surface area contributed by atoms with E-state index in [2.05, 4.69) is 10.5 Å². The molecule has 0 bridgehead atoms. The molecule has 0 atom stereocenters. The van der Waals surface area contributed by atoms with E-state index in [1.165, 1.54) is 11.3 Å². The molecule has 0 aliphatic carbocycles. The number of nitrogens with one attached hydrogen (secondary N) is 1. The van der Waals surface area contributed by atoms with Crippen molar-refractivity contribution in [2.75, 3.05) is 7.11 Å². The second-order valence-corrected chi connectivity index (χ2v) is 6.17. The summed E-state index contributed by atoms with van der Waals surface area (Å²) in [6.45, 7) is 0. The molecule has 0 unspecified atom stereocenters. The Kier molecular flexibility index (Phi) is 4.60. The average molecular weight is 345 g/mol. The second kappa shape index (κ2) is 6.81. The molecule has 0 saturated heterocycles. The normalized spacial score (nSPS) is 11.0. The van der Waals surface area contributed by atoms with E-state index >= 15 is 0 Å². The number of methoxy groups -OCH3 is 1. The molecular weight excluding hydrogens is 332 g/mol. The Bertz CT molecular complexity index is 872. The van der Waals surface area contributed by atoms with Crippen molar-refractivity contribution in [1.29, 1.82) is 0 Å². The van der Waals surface area contributed by atoms with Gasteiger partial charge in [-0.1, -0.05) is 29.8 Å². The third-order valence-corrected chi connectivity index (χ3v) is 4.88. The van der Waals surface area contributed by atoms with Crippen molar-refractivity contribution >= 4 is 45.1 Å². The summed E-state index contributed by atoms with van der Waals surface area (Å²) in [7, 11) is 1.58. The molecule has 1 N–H and O–H groups in total. The predicted molar refractivity (Wildman–Crippen MR) is 94.9 cm³/mol. The molecule has 23 heavy (non-hydrogen) atoms. The van der Waals surface area contributed by atoms with E-state index in [1.54, 1.807) is 37.6 Å². The third kappa shape index (κ3) is 3.36. The molecule has 1 heterocycles. The Hall–Kier alpha value is -2.37. The minimum absolute atomic E-state index is 0.291. The number of carbonyl (C=O) groups is 1. The Morgan fingerprint density at radius 3 is 2.65 bits per heavy atom. The summed E-state index contributed by atoms with van der Waals surface area (Å²) in [6.07, 6.45) is 1.56. The second-order valence-electron chi connectivity index (χ2n) is 4.70. The Morgan fingerprint density at radius 2 is 1.96 bits per heavy atom. The summed E-state index contributed by atoms with van der Waals surface area (Å²) in [6, 6.07) is 14.7. The molecule has 1 amide bonds. The van der Waals surface area contributed by atoms with Gasteiger partial charge in [-0.05, 0) is 30.3 Å². The zero-order valence-corrected chi connectivity index (χ0v) is 13.8. The maximum atomic E-state index is 12.0. The maximum Gasteiger partial charge on any atom is 0.271 e. The van der Waals surface area contributed by atoms with Crippen molar-refractivity contribution < 1.29 is 9.53 Å². The number of hydrogen-bond acceptors (Lipinski definition) is 4. The van der Waals surface area contributed by atoms with Gasteiger partial charge in [-0.3, -0.25) is 4.79 Å². The number of hydrogen-bond donors (Lipinski definition) is 1. The van der Waals surface area contributed by atoms with Crippen LogP contribution in [-0.2, 0) is 0 Å². The van der Waals surface area contributed by atoms with E-state index in [4.69, 9.17) is 16.3 Å². The minimum atomic E-state index is -0.291. The van der Waals surface area contributed by atoms with Crippen molar-refractivity contribution in [3.63, 3.8) is 0 Å². The lowest BCUT2D eigenvalue weighted by molar-refractivity contribution is 0.0955. The summed E-state index contributed by atoms with van der Waals surface area (Å²) in [4.78, 5) is 12.8. The first kappa shape index (κ1) is 15.5. The fourth-order valence-corrected chi connectivity index (χ4v) is 3.43. The number of hydrazone groups is 1. The largest absolute Gasteiger partial charge is 0.497 e. The number of benzene rings is 2. The molecule has 0 spiro atoms. The molecule has 0 aliphatic rings.